The minimum Gasteiger partial charge on any atom is -0.313 e. The first kappa shape index (κ1) is 14.7. The van der Waals surface area contributed by atoms with Gasteiger partial charge in [-0.25, -0.2) is 0 Å². The predicted octanol–water partition coefficient (Wildman–Crippen LogP) is 2.04. The predicted molar refractivity (Wildman–Crippen MR) is 73.7 cm³/mol. The Balaban J connectivity index is 2.40. The zero-order valence-corrected chi connectivity index (χ0v) is 13.4. The SMILES string of the molecule is CC1=C(Br)C(=O)N(C2CC(C)(C)N(O)C2(C)C)C1=O. The van der Waals surface area contributed by atoms with Crippen molar-refractivity contribution in [1.82, 2.24) is 9.96 Å². The lowest BCUT2D eigenvalue weighted by Crippen LogP contribution is -2.55. The molecule has 0 saturated carbocycles. The lowest BCUT2D eigenvalue weighted by molar-refractivity contribution is -0.198. The van der Waals surface area contributed by atoms with Crippen LogP contribution in [0.15, 0.2) is 10.1 Å². The number of imide groups is 1. The first-order valence-electron chi connectivity index (χ1n) is 6.25. The van der Waals surface area contributed by atoms with Crippen molar-refractivity contribution in [3.8, 4) is 0 Å². The van der Waals surface area contributed by atoms with Crippen LogP contribution in [0.2, 0.25) is 0 Å². The molecule has 2 amide bonds. The summed E-state index contributed by atoms with van der Waals surface area (Å²) in [5.74, 6) is -0.590. The Hall–Kier alpha value is -0.720. The van der Waals surface area contributed by atoms with Crippen molar-refractivity contribution < 1.29 is 14.8 Å². The molecule has 19 heavy (non-hydrogen) atoms. The highest BCUT2D eigenvalue weighted by atomic mass is 79.9. The number of hydroxylamine groups is 2. The number of carbonyl (C=O) groups excluding carboxylic acids is 2. The highest BCUT2D eigenvalue weighted by Crippen LogP contribution is 2.44. The van der Waals surface area contributed by atoms with Crippen molar-refractivity contribution in [3.63, 3.8) is 0 Å². The molecule has 1 unspecified atom stereocenters. The van der Waals surface area contributed by atoms with Gasteiger partial charge >= 0.3 is 0 Å². The van der Waals surface area contributed by atoms with Gasteiger partial charge in [-0.2, -0.15) is 5.06 Å². The standard InChI is InChI=1S/C13H19BrN2O3/c1-7-9(14)11(18)15(10(7)17)8-6-12(2,3)16(19)13(8,4)5/h8,19H,6H2,1-5H3. The number of amides is 2. The molecule has 2 aliphatic heterocycles. The van der Waals surface area contributed by atoms with Crippen LogP contribution in [0.25, 0.3) is 0 Å². The molecule has 0 radical (unpaired) electrons. The van der Waals surface area contributed by atoms with Gasteiger partial charge in [0.15, 0.2) is 0 Å². The molecule has 0 aliphatic carbocycles. The van der Waals surface area contributed by atoms with E-state index in [4.69, 9.17) is 0 Å². The zero-order valence-electron chi connectivity index (χ0n) is 11.8. The summed E-state index contributed by atoms with van der Waals surface area (Å²) in [5.41, 5.74) is -0.722. The Kier molecular flexibility index (Phi) is 3.20. The minimum absolute atomic E-state index is 0.277. The van der Waals surface area contributed by atoms with E-state index >= 15 is 0 Å². The first-order valence-corrected chi connectivity index (χ1v) is 7.04. The summed E-state index contributed by atoms with van der Waals surface area (Å²) in [5, 5.41) is 11.5. The largest absolute Gasteiger partial charge is 0.313 e. The summed E-state index contributed by atoms with van der Waals surface area (Å²) in [6.45, 7) is 9.11. The van der Waals surface area contributed by atoms with E-state index in [9.17, 15) is 14.8 Å². The van der Waals surface area contributed by atoms with Crippen LogP contribution in [0.3, 0.4) is 0 Å². The molecule has 0 bridgehead atoms. The second-order valence-electron chi connectivity index (χ2n) is 6.42. The van der Waals surface area contributed by atoms with Crippen molar-refractivity contribution in [2.75, 3.05) is 0 Å². The van der Waals surface area contributed by atoms with Crippen LogP contribution in [-0.4, -0.2) is 44.1 Å². The third-order valence-corrected chi connectivity index (χ3v) is 5.15. The molecule has 0 aromatic rings. The van der Waals surface area contributed by atoms with Crippen LogP contribution >= 0.6 is 15.9 Å². The van der Waals surface area contributed by atoms with Crippen molar-refractivity contribution in [2.45, 2.75) is 58.2 Å². The van der Waals surface area contributed by atoms with Crippen LogP contribution in [0, 0.1) is 0 Å². The highest BCUT2D eigenvalue weighted by molar-refractivity contribution is 9.12. The van der Waals surface area contributed by atoms with Crippen LogP contribution in [0.4, 0.5) is 0 Å². The number of nitrogens with zero attached hydrogens (tertiary/aromatic N) is 2. The fourth-order valence-electron chi connectivity index (χ4n) is 3.05. The minimum atomic E-state index is -0.674. The Bertz CT molecular complexity index is 472. The molecule has 2 aliphatic rings. The molecule has 0 aromatic carbocycles. The van der Waals surface area contributed by atoms with E-state index in [-0.39, 0.29) is 17.9 Å². The molecule has 5 nitrogen and oxygen atoms in total. The first-order chi connectivity index (χ1) is 8.51. The quantitative estimate of drug-likeness (QED) is 0.747. The molecular weight excluding hydrogens is 312 g/mol. The molecule has 1 saturated heterocycles. The maximum absolute atomic E-state index is 12.2. The van der Waals surface area contributed by atoms with Gasteiger partial charge in [-0.3, -0.25) is 14.5 Å². The maximum atomic E-state index is 12.2. The Morgan fingerprint density at radius 2 is 1.74 bits per heavy atom. The molecule has 6 heteroatoms. The van der Waals surface area contributed by atoms with Crippen molar-refractivity contribution in [3.05, 3.63) is 10.1 Å². The van der Waals surface area contributed by atoms with E-state index in [1.165, 1.54) is 9.96 Å². The van der Waals surface area contributed by atoms with Gasteiger partial charge in [-0.1, -0.05) is 0 Å². The van der Waals surface area contributed by atoms with Crippen LogP contribution in [0.5, 0.6) is 0 Å². The van der Waals surface area contributed by atoms with Crippen LogP contribution < -0.4 is 0 Å². The number of halogens is 1. The summed E-state index contributed by atoms with van der Waals surface area (Å²) < 4.78 is 0.322. The van der Waals surface area contributed by atoms with Gasteiger partial charge in [-0.05, 0) is 57.0 Å². The van der Waals surface area contributed by atoms with Gasteiger partial charge in [-0.15, -0.1) is 0 Å². The third kappa shape index (κ3) is 1.88. The Morgan fingerprint density at radius 1 is 1.21 bits per heavy atom. The van der Waals surface area contributed by atoms with E-state index in [0.717, 1.165) is 0 Å². The zero-order chi connectivity index (χ0) is 14.7. The molecule has 0 spiro atoms. The van der Waals surface area contributed by atoms with Crippen molar-refractivity contribution in [2.24, 2.45) is 0 Å². The van der Waals surface area contributed by atoms with E-state index < -0.39 is 11.1 Å². The monoisotopic (exact) mass is 330 g/mol. The van der Waals surface area contributed by atoms with Gasteiger partial charge in [0.2, 0.25) is 0 Å². The number of rotatable bonds is 1. The summed E-state index contributed by atoms with van der Waals surface area (Å²) >= 11 is 3.17. The van der Waals surface area contributed by atoms with Gasteiger partial charge in [0, 0.05) is 11.1 Å². The molecular formula is C13H19BrN2O3. The van der Waals surface area contributed by atoms with E-state index in [1.54, 1.807) is 6.92 Å². The van der Waals surface area contributed by atoms with Gasteiger partial charge in [0.05, 0.1) is 16.1 Å². The normalized spacial score (nSPS) is 30.7. The lowest BCUT2D eigenvalue weighted by Gasteiger charge is -2.38. The fourth-order valence-corrected chi connectivity index (χ4v) is 3.41. The Labute approximate surface area is 121 Å². The molecule has 2 heterocycles. The van der Waals surface area contributed by atoms with Crippen LogP contribution in [0.1, 0.15) is 41.0 Å². The smallest absolute Gasteiger partial charge is 0.268 e. The average Bonchev–Trinajstić information content (AvgIpc) is 2.59. The second kappa shape index (κ2) is 4.14. The van der Waals surface area contributed by atoms with Crippen molar-refractivity contribution in [1.29, 1.82) is 0 Å². The van der Waals surface area contributed by atoms with E-state index in [0.29, 0.717) is 16.5 Å². The van der Waals surface area contributed by atoms with Gasteiger partial charge in [0.25, 0.3) is 11.8 Å². The van der Waals surface area contributed by atoms with Crippen molar-refractivity contribution >= 4 is 27.7 Å². The molecule has 1 atom stereocenters. The van der Waals surface area contributed by atoms with Gasteiger partial charge < -0.3 is 5.21 Å². The van der Waals surface area contributed by atoms with E-state index in [1.807, 2.05) is 27.7 Å². The molecule has 106 valence electrons. The lowest BCUT2D eigenvalue weighted by atomic mass is 9.93. The second-order valence-corrected chi connectivity index (χ2v) is 7.21. The van der Waals surface area contributed by atoms with Gasteiger partial charge in [0.1, 0.15) is 0 Å². The molecule has 1 fully saturated rings. The topological polar surface area (TPSA) is 60.9 Å². The van der Waals surface area contributed by atoms with Crippen LogP contribution in [-0.2, 0) is 9.59 Å². The molecule has 2 rings (SSSR count). The third-order valence-electron chi connectivity index (χ3n) is 4.21. The molecule has 0 aromatic heterocycles. The Morgan fingerprint density at radius 3 is 2.05 bits per heavy atom. The maximum Gasteiger partial charge on any atom is 0.268 e. The number of hydrogen-bond donors (Lipinski definition) is 1. The summed E-state index contributed by atoms with van der Waals surface area (Å²) in [6.07, 6.45) is 0.543. The number of carbonyl (C=O) groups is 2. The van der Waals surface area contributed by atoms with E-state index in [2.05, 4.69) is 15.9 Å². The summed E-state index contributed by atoms with van der Waals surface area (Å²) in [6, 6.07) is -0.350. The number of hydrogen-bond acceptors (Lipinski definition) is 4. The highest BCUT2D eigenvalue weighted by Gasteiger charge is 2.57. The molecule has 1 N–H and O–H groups in total. The average molecular weight is 331 g/mol. The fraction of sp³-hybridized carbons (Fsp3) is 0.692. The summed E-state index contributed by atoms with van der Waals surface area (Å²) in [7, 11) is 0. The summed E-state index contributed by atoms with van der Waals surface area (Å²) in [4.78, 5) is 25.7.